The normalized spacial score (nSPS) is 12.3. The lowest BCUT2D eigenvalue weighted by Crippen LogP contribution is -2.10. The minimum atomic E-state index is 0.912. The summed E-state index contributed by atoms with van der Waals surface area (Å²) in [6, 6.07) is 82.8. The Bertz CT molecular complexity index is 3600. The van der Waals surface area contributed by atoms with Gasteiger partial charge < -0.3 is 13.7 Å². The maximum atomic E-state index is 6.09. The van der Waals surface area contributed by atoms with Crippen LogP contribution in [0.1, 0.15) is 16.7 Å². The van der Waals surface area contributed by atoms with E-state index in [-0.39, 0.29) is 0 Å². The summed E-state index contributed by atoms with van der Waals surface area (Å²) in [6.45, 7) is 0. The SMILES string of the molecule is C1=C(c2ccc(N(c3ccc(-c4ccc(-c5ccc6oc7ccccc7c6c5)cc4)cc3)c3ccc(-c4ccc(-c5ccc6oc7ccccc7c6c5)cc4)cc3)cc2)Cc2ccccc21. The molecule has 0 radical (unpaired) electrons. The lowest BCUT2D eigenvalue weighted by Gasteiger charge is -2.26. The van der Waals surface area contributed by atoms with Gasteiger partial charge in [-0.3, -0.25) is 0 Å². The smallest absolute Gasteiger partial charge is 0.135 e. The van der Waals surface area contributed by atoms with Gasteiger partial charge in [0.2, 0.25) is 0 Å². The molecule has 0 saturated heterocycles. The van der Waals surface area contributed by atoms with Gasteiger partial charge in [0, 0.05) is 38.6 Å². The number of nitrogens with zero attached hydrogens (tertiary/aromatic N) is 1. The Hall–Kier alpha value is -8.66. The molecule has 66 heavy (non-hydrogen) atoms. The molecule has 0 fully saturated rings. The second-order valence-corrected chi connectivity index (χ2v) is 17.3. The summed E-state index contributed by atoms with van der Waals surface area (Å²) in [7, 11) is 0. The summed E-state index contributed by atoms with van der Waals surface area (Å²) in [6.07, 6.45) is 3.29. The number of rotatable bonds is 8. The number of fused-ring (bicyclic) bond motifs is 7. The van der Waals surface area contributed by atoms with Crippen molar-refractivity contribution in [2.45, 2.75) is 6.42 Å². The summed E-state index contributed by atoms with van der Waals surface area (Å²) < 4.78 is 12.2. The van der Waals surface area contributed by atoms with E-state index in [0.717, 1.165) is 67.4 Å². The molecule has 0 atom stereocenters. The van der Waals surface area contributed by atoms with Gasteiger partial charge >= 0.3 is 0 Å². The minimum absolute atomic E-state index is 0.912. The highest BCUT2D eigenvalue weighted by Crippen LogP contribution is 2.40. The number of allylic oxidation sites excluding steroid dienone is 1. The Labute approximate surface area is 382 Å². The van der Waals surface area contributed by atoms with Crippen molar-refractivity contribution in [2.75, 3.05) is 4.90 Å². The Balaban J connectivity index is 0.794. The van der Waals surface area contributed by atoms with E-state index in [9.17, 15) is 0 Å². The third kappa shape index (κ3) is 6.69. The maximum Gasteiger partial charge on any atom is 0.135 e. The lowest BCUT2D eigenvalue weighted by atomic mass is 9.98. The van der Waals surface area contributed by atoms with Crippen molar-refractivity contribution >= 4 is 72.6 Å². The highest BCUT2D eigenvalue weighted by atomic mass is 16.3. The Kier molecular flexibility index (Phi) is 8.92. The van der Waals surface area contributed by atoms with E-state index < -0.39 is 0 Å². The molecular formula is C63H41NO2. The van der Waals surface area contributed by atoms with Gasteiger partial charge in [0.05, 0.1) is 0 Å². The monoisotopic (exact) mass is 843 g/mol. The average Bonchev–Trinajstić information content (AvgIpc) is 4.11. The fourth-order valence-corrected chi connectivity index (χ4v) is 9.86. The standard InChI is InChI=1S/C63H41NO2/c1-2-8-49-38-52(37-48(49)7-1)47-25-33-55(34-26-47)64(53-29-21-43(22-30-53)41-13-17-45(18-14-41)50-27-35-62-58(39-50)56-9-3-5-11-60(56)65-62)54-31-23-44(24-32-54)42-15-19-46(20-16-42)51-28-36-63-59(40-51)57-10-4-6-12-61(57)66-63/h1-37,39-40H,38H2. The van der Waals surface area contributed by atoms with Crippen molar-refractivity contribution in [1.82, 2.24) is 0 Å². The van der Waals surface area contributed by atoms with Gasteiger partial charge in [0.1, 0.15) is 22.3 Å². The molecule has 0 amide bonds. The van der Waals surface area contributed by atoms with Crippen LogP contribution in [0, 0.1) is 0 Å². The van der Waals surface area contributed by atoms with Crippen LogP contribution in [0.25, 0.3) is 100 Å². The van der Waals surface area contributed by atoms with E-state index in [1.165, 1.54) is 66.8 Å². The Morgan fingerprint density at radius 3 is 1.09 bits per heavy atom. The zero-order chi connectivity index (χ0) is 43.6. The second kappa shape index (κ2) is 15.5. The predicted molar refractivity (Wildman–Crippen MR) is 275 cm³/mol. The van der Waals surface area contributed by atoms with Crippen LogP contribution in [-0.4, -0.2) is 0 Å². The predicted octanol–water partition coefficient (Wildman–Crippen LogP) is 17.7. The molecule has 3 heteroatoms. The third-order valence-corrected chi connectivity index (χ3v) is 13.4. The lowest BCUT2D eigenvalue weighted by molar-refractivity contribution is 0.668. The first-order valence-corrected chi connectivity index (χ1v) is 22.6. The van der Waals surface area contributed by atoms with Crippen molar-refractivity contribution in [3.63, 3.8) is 0 Å². The van der Waals surface area contributed by atoms with Gasteiger partial charge in [-0.05, 0) is 146 Å². The Morgan fingerprint density at radius 1 is 0.288 bits per heavy atom. The summed E-state index contributed by atoms with van der Waals surface area (Å²) in [4.78, 5) is 2.35. The molecule has 10 aromatic carbocycles. The van der Waals surface area contributed by atoms with Crippen LogP contribution in [0.15, 0.2) is 239 Å². The summed E-state index contributed by atoms with van der Waals surface area (Å²) in [5.74, 6) is 0. The van der Waals surface area contributed by atoms with E-state index >= 15 is 0 Å². The molecule has 0 bridgehead atoms. The fraction of sp³-hybridized carbons (Fsp3) is 0.0159. The highest BCUT2D eigenvalue weighted by molar-refractivity contribution is 6.07. The molecule has 3 nitrogen and oxygen atoms in total. The van der Waals surface area contributed by atoms with Crippen LogP contribution in [0.5, 0.6) is 0 Å². The van der Waals surface area contributed by atoms with Gasteiger partial charge in [-0.25, -0.2) is 0 Å². The van der Waals surface area contributed by atoms with Crippen LogP contribution in [0.4, 0.5) is 17.1 Å². The third-order valence-electron chi connectivity index (χ3n) is 13.4. The molecule has 1 aliphatic carbocycles. The minimum Gasteiger partial charge on any atom is -0.456 e. The molecule has 2 aromatic heterocycles. The zero-order valence-electron chi connectivity index (χ0n) is 36.0. The fourth-order valence-electron chi connectivity index (χ4n) is 9.86. The van der Waals surface area contributed by atoms with Crippen LogP contribution >= 0.6 is 0 Å². The number of para-hydroxylation sites is 2. The van der Waals surface area contributed by atoms with Crippen molar-refractivity contribution in [3.05, 3.63) is 247 Å². The molecule has 310 valence electrons. The van der Waals surface area contributed by atoms with Crippen LogP contribution < -0.4 is 4.90 Å². The highest BCUT2D eigenvalue weighted by Gasteiger charge is 2.17. The zero-order valence-corrected chi connectivity index (χ0v) is 36.0. The summed E-state index contributed by atoms with van der Waals surface area (Å²) in [5, 5.41) is 4.57. The van der Waals surface area contributed by atoms with E-state index in [1.54, 1.807) is 0 Å². The first-order valence-electron chi connectivity index (χ1n) is 22.6. The molecular weight excluding hydrogens is 803 g/mol. The van der Waals surface area contributed by atoms with Gasteiger partial charge in [-0.15, -0.1) is 0 Å². The first kappa shape index (κ1) is 37.9. The molecule has 0 spiro atoms. The number of hydrogen-bond acceptors (Lipinski definition) is 3. The summed E-state index contributed by atoms with van der Waals surface area (Å²) >= 11 is 0. The molecule has 1 aliphatic rings. The van der Waals surface area contributed by atoms with E-state index in [0.29, 0.717) is 0 Å². The number of anilines is 3. The van der Waals surface area contributed by atoms with Gasteiger partial charge in [0.25, 0.3) is 0 Å². The molecule has 0 unspecified atom stereocenters. The maximum absolute atomic E-state index is 6.09. The van der Waals surface area contributed by atoms with Crippen LogP contribution in [-0.2, 0) is 6.42 Å². The van der Waals surface area contributed by atoms with Gasteiger partial charge in [0.15, 0.2) is 0 Å². The largest absolute Gasteiger partial charge is 0.456 e. The van der Waals surface area contributed by atoms with Crippen molar-refractivity contribution < 1.29 is 8.83 Å². The molecule has 0 N–H and O–H groups in total. The van der Waals surface area contributed by atoms with E-state index in [1.807, 2.05) is 24.3 Å². The van der Waals surface area contributed by atoms with Gasteiger partial charge in [-0.2, -0.15) is 0 Å². The average molecular weight is 844 g/mol. The number of furan rings is 2. The first-order chi connectivity index (χ1) is 32.6. The van der Waals surface area contributed by atoms with Crippen LogP contribution in [0.3, 0.4) is 0 Å². The molecule has 12 aromatic rings. The Morgan fingerprint density at radius 2 is 0.636 bits per heavy atom. The van der Waals surface area contributed by atoms with E-state index in [4.69, 9.17) is 8.83 Å². The number of hydrogen-bond donors (Lipinski definition) is 0. The van der Waals surface area contributed by atoms with Gasteiger partial charge in [-0.1, -0.05) is 164 Å². The molecule has 0 saturated carbocycles. The van der Waals surface area contributed by atoms with Crippen LogP contribution in [0.2, 0.25) is 0 Å². The van der Waals surface area contributed by atoms with Crippen molar-refractivity contribution in [2.24, 2.45) is 0 Å². The summed E-state index contributed by atoms with van der Waals surface area (Å²) in [5.41, 5.74) is 21.6. The van der Waals surface area contributed by atoms with E-state index in [2.05, 4.69) is 217 Å². The molecule has 0 aliphatic heterocycles. The number of benzene rings is 10. The second-order valence-electron chi connectivity index (χ2n) is 17.3. The topological polar surface area (TPSA) is 29.5 Å². The quantitative estimate of drug-likeness (QED) is 0.153. The molecule has 13 rings (SSSR count). The van der Waals surface area contributed by atoms with Crippen molar-refractivity contribution in [1.29, 1.82) is 0 Å². The van der Waals surface area contributed by atoms with Crippen molar-refractivity contribution in [3.8, 4) is 44.5 Å². The molecule has 2 heterocycles.